The number of azide groups is 1. The van der Waals surface area contributed by atoms with E-state index >= 15 is 0 Å². The van der Waals surface area contributed by atoms with Crippen LogP contribution in [0.15, 0.2) is 35.4 Å². The number of rotatable bonds is 4. The van der Waals surface area contributed by atoms with Crippen molar-refractivity contribution in [3.63, 3.8) is 0 Å². The van der Waals surface area contributed by atoms with Crippen LogP contribution in [0.4, 0.5) is 0 Å². The van der Waals surface area contributed by atoms with E-state index in [1.807, 2.05) is 30.3 Å². The number of nitrogens with zero attached hydrogens (tertiary/aromatic N) is 3. The number of halogens is 1. The zero-order valence-corrected chi connectivity index (χ0v) is 11.2. The molecule has 0 aromatic heterocycles. The van der Waals surface area contributed by atoms with Crippen molar-refractivity contribution in [2.45, 2.75) is 26.2 Å². The van der Waals surface area contributed by atoms with Gasteiger partial charge in [-0.3, -0.25) is 0 Å². The summed E-state index contributed by atoms with van der Waals surface area (Å²) in [6, 6.07) is 9.44. The molecule has 0 spiro atoms. The highest BCUT2D eigenvalue weighted by Crippen LogP contribution is 2.03. The summed E-state index contributed by atoms with van der Waals surface area (Å²) in [4.78, 5) is 2.63. The van der Waals surface area contributed by atoms with E-state index in [1.165, 1.54) is 12.8 Å². The molecule has 0 aliphatic carbocycles. The van der Waals surface area contributed by atoms with Gasteiger partial charge in [-0.05, 0) is 24.1 Å². The van der Waals surface area contributed by atoms with Gasteiger partial charge in [0.05, 0.1) is 0 Å². The van der Waals surface area contributed by atoms with E-state index in [1.54, 1.807) is 0 Å². The van der Waals surface area contributed by atoms with E-state index < -0.39 is 0 Å². The van der Waals surface area contributed by atoms with Crippen LogP contribution in [0.1, 0.15) is 26.2 Å². The van der Waals surface area contributed by atoms with Crippen molar-refractivity contribution in [3.8, 4) is 0 Å². The zero-order valence-electron chi connectivity index (χ0n) is 9.43. The smallest absolute Gasteiger partial charge is 0.0405 e. The van der Waals surface area contributed by atoms with E-state index in [4.69, 9.17) is 17.1 Å². The molecule has 0 saturated heterocycles. The van der Waals surface area contributed by atoms with Crippen molar-refractivity contribution in [3.05, 3.63) is 45.8 Å². The second-order valence-electron chi connectivity index (χ2n) is 2.96. The standard InChI is InChI=1S/C6H5Cl.C5H11N3.H2S/c7-6-4-2-1-3-5-6;1-2-3-4-5-7-8-6;/h1-5H;2-5H2,1H3;1H2. The fraction of sp³-hybridized carbons (Fsp3) is 0.455. The van der Waals surface area contributed by atoms with Crippen LogP contribution in [-0.2, 0) is 0 Å². The van der Waals surface area contributed by atoms with Gasteiger partial charge in [-0.2, -0.15) is 13.5 Å². The van der Waals surface area contributed by atoms with Crippen molar-refractivity contribution in [2.24, 2.45) is 5.11 Å². The van der Waals surface area contributed by atoms with Crippen molar-refractivity contribution in [1.82, 2.24) is 0 Å². The monoisotopic (exact) mass is 259 g/mol. The number of unbranched alkanes of at least 4 members (excludes halogenated alkanes) is 2. The Labute approximate surface area is 109 Å². The predicted octanol–water partition coefficient (Wildman–Crippen LogP) is 4.94. The van der Waals surface area contributed by atoms with Gasteiger partial charge in [-0.15, -0.1) is 0 Å². The molecule has 0 atom stereocenters. The number of hydrogen-bond donors (Lipinski definition) is 0. The molecular weight excluding hydrogens is 242 g/mol. The van der Waals surface area contributed by atoms with E-state index in [9.17, 15) is 0 Å². The predicted molar refractivity (Wildman–Crippen MR) is 75.4 cm³/mol. The van der Waals surface area contributed by atoms with Gasteiger partial charge >= 0.3 is 0 Å². The molecule has 0 heterocycles. The average Bonchev–Trinajstić information content (AvgIpc) is 2.27. The maximum atomic E-state index is 7.82. The molecule has 90 valence electrons. The quantitative estimate of drug-likeness (QED) is 0.318. The summed E-state index contributed by atoms with van der Waals surface area (Å²) in [6.07, 6.45) is 3.38. The Bertz CT molecular complexity index is 287. The molecule has 0 unspecified atom stereocenters. The molecule has 0 aliphatic heterocycles. The lowest BCUT2D eigenvalue weighted by Crippen LogP contribution is -1.76. The zero-order chi connectivity index (χ0) is 11.4. The average molecular weight is 260 g/mol. The number of benzene rings is 1. The molecule has 16 heavy (non-hydrogen) atoms. The Morgan fingerprint density at radius 1 is 1.25 bits per heavy atom. The molecular formula is C11H18ClN3S. The summed E-state index contributed by atoms with van der Waals surface area (Å²) in [5.74, 6) is 0. The molecule has 1 aromatic rings. The van der Waals surface area contributed by atoms with Gasteiger partial charge in [0.25, 0.3) is 0 Å². The third-order valence-corrected chi connectivity index (χ3v) is 1.91. The summed E-state index contributed by atoms with van der Waals surface area (Å²) in [5, 5.41) is 4.18. The fourth-order valence-electron chi connectivity index (χ4n) is 0.892. The van der Waals surface area contributed by atoms with Gasteiger partial charge in [-0.1, -0.05) is 54.7 Å². The van der Waals surface area contributed by atoms with Crippen molar-refractivity contribution >= 4 is 25.1 Å². The molecule has 0 aliphatic rings. The second-order valence-corrected chi connectivity index (χ2v) is 3.39. The summed E-state index contributed by atoms with van der Waals surface area (Å²) < 4.78 is 0. The third kappa shape index (κ3) is 13.2. The lowest BCUT2D eigenvalue weighted by molar-refractivity contribution is 0.725. The summed E-state index contributed by atoms with van der Waals surface area (Å²) >= 11 is 5.54. The summed E-state index contributed by atoms with van der Waals surface area (Å²) in [6.45, 7) is 2.78. The molecule has 0 fully saturated rings. The van der Waals surface area contributed by atoms with Crippen LogP contribution in [0.3, 0.4) is 0 Å². The minimum absolute atomic E-state index is 0. The third-order valence-electron chi connectivity index (χ3n) is 1.66. The fourth-order valence-corrected chi connectivity index (χ4v) is 1.04. The minimum Gasteiger partial charge on any atom is -0.197 e. The second kappa shape index (κ2) is 14.2. The summed E-state index contributed by atoms with van der Waals surface area (Å²) in [5.41, 5.74) is 7.82. The van der Waals surface area contributed by atoms with Crippen LogP contribution < -0.4 is 0 Å². The van der Waals surface area contributed by atoms with Crippen LogP contribution in [0.5, 0.6) is 0 Å². The normalized spacial score (nSPS) is 7.88. The van der Waals surface area contributed by atoms with Gasteiger partial charge in [-0.25, -0.2) is 0 Å². The Hall–Kier alpha value is -0.830. The van der Waals surface area contributed by atoms with Crippen molar-refractivity contribution in [1.29, 1.82) is 0 Å². The van der Waals surface area contributed by atoms with Crippen LogP contribution in [0.2, 0.25) is 5.02 Å². The molecule has 0 amide bonds. The lowest BCUT2D eigenvalue weighted by atomic mass is 10.3. The van der Waals surface area contributed by atoms with Gasteiger partial charge in [0.1, 0.15) is 0 Å². The largest absolute Gasteiger partial charge is 0.197 e. The minimum atomic E-state index is 0. The van der Waals surface area contributed by atoms with Crippen LogP contribution >= 0.6 is 25.1 Å². The SMILES string of the molecule is CCCCCN=[N+]=[N-].Clc1ccccc1.S. The molecule has 0 N–H and O–H groups in total. The number of hydrogen-bond acceptors (Lipinski definition) is 1. The van der Waals surface area contributed by atoms with Gasteiger partial charge in [0.2, 0.25) is 0 Å². The first-order chi connectivity index (χ1) is 7.31. The Morgan fingerprint density at radius 2 is 1.88 bits per heavy atom. The van der Waals surface area contributed by atoms with E-state index in [0.717, 1.165) is 11.4 Å². The molecule has 1 aromatic carbocycles. The topological polar surface area (TPSA) is 48.8 Å². The van der Waals surface area contributed by atoms with E-state index in [-0.39, 0.29) is 13.5 Å². The highest BCUT2D eigenvalue weighted by Gasteiger charge is 1.79. The lowest BCUT2D eigenvalue weighted by Gasteiger charge is -1.86. The summed E-state index contributed by atoms with van der Waals surface area (Å²) in [7, 11) is 0. The van der Waals surface area contributed by atoms with Crippen LogP contribution in [0, 0.1) is 0 Å². The first-order valence-electron chi connectivity index (χ1n) is 5.02. The molecule has 0 bridgehead atoms. The Morgan fingerprint density at radius 3 is 2.25 bits per heavy atom. The first kappa shape index (κ1) is 17.6. The van der Waals surface area contributed by atoms with Crippen molar-refractivity contribution in [2.75, 3.05) is 6.54 Å². The Kier molecular flexibility index (Phi) is 15.6. The maximum absolute atomic E-state index is 7.82. The van der Waals surface area contributed by atoms with Crippen LogP contribution in [-0.4, -0.2) is 6.54 Å². The molecule has 0 radical (unpaired) electrons. The van der Waals surface area contributed by atoms with E-state index in [2.05, 4.69) is 16.9 Å². The molecule has 0 saturated carbocycles. The highest BCUT2D eigenvalue weighted by molar-refractivity contribution is 7.59. The van der Waals surface area contributed by atoms with Gasteiger partial charge in [0, 0.05) is 16.5 Å². The Balaban J connectivity index is 0. The van der Waals surface area contributed by atoms with Gasteiger partial charge in [0.15, 0.2) is 0 Å². The van der Waals surface area contributed by atoms with E-state index in [0.29, 0.717) is 6.54 Å². The molecule has 1 rings (SSSR count). The van der Waals surface area contributed by atoms with Crippen LogP contribution in [0.25, 0.3) is 10.4 Å². The molecule has 3 nitrogen and oxygen atoms in total. The maximum Gasteiger partial charge on any atom is 0.0405 e. The molecule has 5 heteroatoms. The first-order valence-corrected chi connectivity index (χ1v) is 5.40. The highest BCUT2D eigenvalue weighted by atomic mass is 35.5. The van der Waals surface area contributed by atoms with Gasteiger partial charge < -0.3 is 0 Å². The van der Waals surface area contributed by atoms with Crippen molar-refractivity contribution < 1.29 is 0 Å².